The van der Waals surface area contributed by atoms with E-state index in [2.05, 4.69) is 18.0 Å². The second kappa shape index (κ2) is 3.96. The molecule has 1 nitrogen and oxygen atoms in total. The fourth-order valence-corrected chi connectivity index (χ4v) is 1.81. The highest BCUT2D eigenvalue weighted by Gasteiger charge is 2.07. The molecular formula is C7H12NS. The second-order valence-corrected chi connectivity index (χ2v) is 3.26. The van der Waals surface area contributed by atoms with E-state index in [-0.39, 0.29) is 0 Å². The summed E-state index contributed by atoms with van der Waals surface area (Å²) in [5.41, 5.74) is 0. The normalized spacial score (nSPS) is 21.8. The van der Waals surface area contributed by atoms with Crippen molar-refractivity contribution in [1.29, 1.82) is 0 Å². The maximum atomic E-state index is 3.65. The lowest BCUT2D eigenvalue weighted by molar-refractivity contribution is 0.385. The lowest BCUT2D eigenvalue weighted by Gasteiger charge is -2.23. The van der Waals surface area contributed by atoms with Gasteiger partial charge in [-0.05, 0) is 0 Å². The molecular weight excluding hydrogens is 131 g/mol. The summed E-state index contributed by atoms with van der Waals surface area (Å²) in [6.45, 7) is 8.10. The summed E-state index contributed by atoms with van der Waals surface area (Å²) < 4.78 is 0. The Balaban J connectivity index is 2.15. The highest BCUT2D eigenvalue weighted by atomic mass is 32.2. The number of thioether (sulfide) groups is 1. The molecule has 0 atom stereocenters. The first-order chi connectivity index (χ1) is 4.43. The van der Waals surface area contributed by atoms with E-state index in [4.69, 9.17) is 0 Å². The van der Waals surface area contributed by atoms with Gasteiger partial charge in [-0.3, -0.25) is 4.90 Å². The molecule has 0 N–H and O–H groups in total. The van der Waals surface area contributed by atoms with Crippen molar-refractivity contribution in [2.45, 2.75) is 0 Å². The summed E-state index contributed by atoms with van der Waals surface area (Å²) >= 11 is 2.03. The molecule has 2 heteroatoms. The molecule has 0 unspecified atom stereocenters. The van der Waals surface area contributed by atoms with Crippen molar-refractivity contribution < 1.29 is 0 Å². The number of hydrogen-bond donors (Lipinski definition) is 0. The molecule has 0 aliphatic carbocycles. The van der Waals surface area contributed by atoms with Crippen LogP contribution in [0.4, 0.5) is 0 Å². The first-order valence-electron chi connectivity index (χ1n) is 3.21. The molecule has 1 aliphatic rings. The smallest absolute Gasteiger partial charge is 0.0467 e. The van der Waals surface area contributed by atoms with Crippen molar-refractivity contribution in [2.75, 3.05) is 24.6 Å². The van der Waals surface area contributed by atoms with Crippen LogP contribution in [0.3, 0.4) is 0 Å². The summed E-state index contributed by atoms with van der Waals surface area (Å²) in [6, 6.07) is 0. The molecule has 51 valence electrons. The number of nitrogens with zero attached hydrogens (tertiary/aromatic N) is 1. The lowest BCUT2D eigenvalue weighted by Crippen LogP contribution is -2.29. The third-order valence-electron chi connectivity index (χ3n) is 1.36. The zero-order chi connectivity index (χ0) is 6.53. The quantitative estimate of drug-likeness (QED) is 0.537. The maximum Gasteiger partial charge on any atom is 0.0467 e. The molecule has 0 spiro atoms. The Morgan fingerprint density at radius 1 is 1.33 bits per heavy atom. The topological polar surface area (TPSA) is 3.24 Å². The van der Waals surface area contributed by atoms with Gasteiger partial charge in [-0.25, -0.2) is 0 Å². The van der Waals surface area contributed by atoms with Crippen LogP contribution in [0.15, 0.2) is 12.7 Å². The van der Waals surface area contributed by atoms with Crippen LogP contribution in [0.2, 0.25) is 0 Å². The molecule has 0 aromatic heterocycles. The van der Waals surface area contributed by atoms with Gasteiger partial charge in [0.25, 0.3) is 0 Å². The van der Waals surface area contributed by atoms with Crippen LogP contribution in [-0.2, 0) is 0 Å². The van der Waals surface area contributed by atoms with Gasteiger partial charge >= 0.3 is 0 Å². The van der Waals surface area contributed by atoms with E-state index in [1.54, 1.807) is 0 Å². The van der Waals surface area contributed by atoms with Gasteiger partial charge in [-0.1, -0.05) is 6.08 Å². The van der Waals surface area contributed by atoms with Crippen molar-refractivity contribution in [3.05, 3.63) is 19.2 Å². The van der Waals surface area contributed by atoms with E-state index in [1.807, 2.05) is 17.8 Å². The molecule has 9 heavy (non-hydrogen) atoms. The Morgan fingerprint density at radius 3 is 2.56 bits per heavy atom. The van der Waals surface area contributed by atoms with Crippen LogP contribution < -0.4 is 0 Å². The van der Waals surface area contributed by atoms with Crippen molar-refractivity contribution in [3.8, 4) is 0 Å². The molecule has 1 radical (unpaired) electrons. The summed E-state index contributed by atoms with van der Waals surface area (Å²) in [5, 5.41) is 0. The first-order valence-corrected chi connectivity index (χ1v) is 4.36. The molecule has 0 saturated carbocycles. The minimum atomic E-state index is 1.19. The van der Waals surface area contributed by atoms with E-state index in [1.165, 1.54) is 24.6 Å². The summed E-state index contributed by atoms with van der Waals surface area (Å²) in [7, 11) is 0. The Kier molecular flexibility index (Phi) is 3.15. The summed E-state index contributed by atoms with van der Waals surface area (Å²) in [4.78, 5) is 2.31. The zero-order valence-corrected chi connectivity index (χ0v) is 6.36. The molecule has 0 aromatic rings. The van der Waals surface area contributed by atoms with E-state index < -0.39 is 0 Å². The highest BCUT2D eigenvalue weighted by molar-refractivity contribution is 7.99. The van der Waals surface area contributed by atoms with Gasteiger partial charge < -0.3 is 0 Å². The third-order valence-corrected chi connectivity index (χ3v) is 2.30. The molecule has 1 heterocycles. The molecule has 0 amide bonds. The molecule has 0 aromatic carbocycles. The van der Waals surface area contributed by atoms with Crippen LogP contribution in [0.5, 0.6) is 0 Å². The molecule has 1 saturated heterocycles. The van der Waals surface area contributed by atoms with Crippen molar-refractivity contribution in [1.82, 2.24) is 4.90 Å². The molecule has 0 bridgehead atoms. The molecule has 1 aliphatic heterocycles. The summed E-state index contributed by atoms with van der Waals surface area (Å²) in [6.07, 6.45) is 1.86. The average molecular weight is 143 g/mol. The van der Waals surface area contributed by atoms with Crippen molar-refractivity contribution in [2.24, 2.45) is 0 Å². The predicted molar refractivity (Wildman–Crippen MR) is 43.4 cm³/mol. The monoisotopic (exact) mass is 143 g/mol. The van der Waals surface area contributed by atoms with Crippen LogP contribution in [-0.4, -0.2) is 29.5 Å². The Labute approximate surface area is 61.1 Å². The third kappa shape index (κ3) is 2.41. The highest BCUT2D eigenvalue weighted by Crippen LogP contribution is 2.09. The SMILES string of the molecule is C=C[CH]N1CCS[13CH2]C1. The van der Waals surface area contributed by atoms with Crippen molar-refractivity contribution in [3.63, 3.8) is 0 Å². The predicted octanol–water partition coefficient (Wildman–Crippen LogP) is 1.38. The number of hydrogen-bond acceptors (Lipinski definition) is 2. The van der Waals surface area contributed by atoms with Gasteiger partial charge in [0.2, 0.25) is 0 Å². The Morgan fingerprint density at radius 2 is 2.00 bits per heavy atom. The van der Waals surface area contributed by atoms with Crippen LogP contribution >= 0.6 is 11.8 Å². The lowest BCUT2D eigenvalue weighted by atomic mass is 10.5. The van der Waals surface area contributed by atoms with Crippen LogP contribution in [0.25, 0.3) is 0 Å². The van der Waals surface area contributed by atoms with Gasteiger partial charge in [0.1, 0.15) is 0 Å². The first kappa shape index (κ1) is 7.16. The molecule has 1 fully saturated rings. The van der Waals surface area contributed by atoms with Gasteiger partial charge in [0.15, 0.2) is 0 Å². The Bertz CT molecular complexity index is 86.9. The van der Waals surface area contributed by atoms with Gasteiger partial charge in [0.05, 0.1) is 0 Å². The standard InChI is InChI=1S/C7H12NS/c1-2-3-8-4-6-9-7-5-8/h2-3H,1,4-7H2/i6+1. The maximum absolute atomic E-state index is 3.65. The number of rotatable bonds is 2. The van der Waals surface area contributed by atoms with E-state index in [0.717, 1.165) is 0 Å². The zero-order valence-electron chi connectivity index (χ0n) is 5.55. The van der Waals surface area contributed by atoms with Gasteiger partial charge in [0, 0.05) is 31.1 Å². The fraction of sp³-hybridized carbons (Fsp3) is 0.571. The van der Waals surface area contributed by atoms with Gasteiger partial charge in [-0.2, -0.15) is 11.8 Å². The molecule has 1 rings (SSSR count). The van der Waals surface area contributed by atoms with Crippen LogP contribution in [0, 0.1) is 6.54 Å². The fourth-order valence-electron chi connectivity index (χ4n) is 0.876. The summed E-state index contributed by atoms with van der Waals surface area (Å²) in [5.74, 6) is 2.54. The van der Waals surface area contributed by atoms with Crippen molar-refractivity contribution >= 4 is 11.8 Å². The largest absolute Gasteiger partial charge is 0.293 e. The van der Waals surface area contributed by atoms with E-state index in [0.29, 0.717) is 0 Å². The van der Waals surface area contributed by atoms with Gasteiger partial charge in [-0.15, -0.1) is 6.58 Å². The van der Waals surface area contributed by atoms with Crippen LogP contribution in [0.1, 0.15) is 0 Å². The second-order valence-electron chi connectivity index (χ2n) is 2.03. The van der Waals surface area contributed by atoms with E-state index in [9.17, 15) is 0 Å². The minimum absolute atomic E-state index is 1.19. The Hall–Kier alpha value is 0.0500. The average Bonchev–Trinajstić information content (AvgIpc) is 1.91. The minimum Gasteiger partial charge on any atom is -0.293 e. The van der Waals surface area contributed by atoms with E-state index >= 15 is 0 Å².